The molecule has 0 radical (unpaired) electrons. The van der Waals surface area contributed by atoms with Crippen molar-refractivity contribution >= 4 is 29.1 Å². The number of nitrogens with two attached hydrogens (primary N) is 1. The molecule has 38 heavy (non-hydrogen) atoms. The molecule has 0 saturated carbocycles. The van der Waals surface area contributed by atoms with E-state index in [1.54, 1.807) is 4.68 Å². The van der Waals surface area contributed by atoms with Crippen LogP contribution in [0.25, 0.3) is 11.3 Å². The number of fused-ring (bicyclic) bond motifs is 2. The lowest BCUT2D eigenvalue weighted by Gasteiger charge is -2.11. The number of benzene rings is 2. The monoisotopic (exact) mass is 524 g/mol. The molecule has 8 nitrogen and oxygen atoms in total. The minimum Gasteiger partial charge on any atom is -0.365 e. The minimum atomic E-state index is -4.94. The van der Waals surface area contributed by atoms with E-state index in [9.17, 15) is 27.2 Å². The van der Waals surface area contributed by atoms with Crippen LogP contribution in [-0.2, 0) is 19.1 Å². The van der Waals surface area contributed by atoms with Crippen LogP contribution in [0.5, 0.6) is 0 Å². The third-order valence-corrected chi connectivity index (χ3v) is 6.15. The molecule has 3 heterocycles. The summed E-state index contributed by atoms with van der Waals surface area (Å²) in [6, 6.07) is 12.2. The molecule has 0 saturated heterocycles. The lowest BCUT2D eigenvalue weighted by atomic mass is 10.0. The van der Waals surface area contributed by atoms with Crippen LogP contribution >= 0.6 is 0 Å². The van der Waals surface area contributed by atoms with Gasteiger partial charge < -0.3 is 16.4 Å². The van der Waals surface area contributed by atoms with Crippen LogP contribution in [-0.4, -0.2) is 26.6 Å². The smallest absolute Gasteiger partial charge is 0.365 e. The van der Waals surface area contributed by atoms with E-state index in [2.05, 4.69) is 26.8 Å². The average molecular weight is 524 g/mol. The highest BCUT2D eigenvalue weighted by Gasteiger charge is 2.35. The molecule has 2 amide bonds. The maximum atomic E-state index is 14.2. The number of hydrogen-bond acceptors (Lipinski definition) is 5. The van der Waals surface area contributed by atoms with Crippen LogP contribution in [0.1, 0.15) is 37.4 Å². The molecule has 0 atom stereocenters. The molecular weight excluding hydrogens is 504 g/mol. The summed E-state index contributed by atoms with van der Waals surface area (Å²) in [6.07, 6.45) is -3.51. The topological polar surface area (TPSA) is 115 Å². The standard InChI is InChI=1S/C26H20F4N6O2/c1-13-2-7-18-16(12-13)9-11-36-24(33-18)19(22(31)37)21(35-36)14-3-5-15(6-4-14)25(38)34-23-20(27)17(8-10-32-23)26(28,29)30/h2-8,10,12,33H,9,11H2,1H3,(H2,31,37)(H,32,34,38). The first-order valence-electron chi connectivity index (χ1n) is 11.4. The lowest BCUT2D eigenvalue weighted by Crippen LogP contribution is -2.17. The largest absolute Gasteiger partial charge is 0.419 e. The zero-order valence-electron chi connectivity index (χ0n) is 19.9. The highest BCUT2D eigenvalue weighted by molar-refractivity contribution is 6.06. The van der Waals surface area contributed by atoms with Gasteiger partial charge in [-0.25, -0.2) is 14.1 Å². The number of nitrogens with one attached hydrogen (secondary N) is 2. The number of hydrogen-bond donors (Lipinski definition) is 3. The molecule has 1 aliphatic rings. The van der Waals surface area contributed by atoms with Gasteiger partial charge in [0.15, 0.2) is 11.6 Å². The molecule has 0 unspecified atom stereocenters. The van der Waals surface area contributed by atoms with Crippen molar-refractivity contribution in [3.63, 3.8) is 0 Å². The van der Waals surface area contributed by atoms with E-state index >= 15 is 0 Å². The van der Waals surface area contributed by atoms with Crippen LogP contribution in [0.3, 0.4) is 0 Å². The Morgan fingerprint density at radius 1 is 1.11 bits per heavy atom. The molecule has 5 rings (SSSR count). The molecule has 2 aromatic heterocycles. The fourth-order valence-corrected chi connectivity index (χ4v) is 4.30. The predicted molar refractivity (Wildman–Crippen MR) is 131 cm³/mol. The summed E-state index contributed by atoms with van der Waals surface area (Å²) in [5, 5.41) is 9.90. The first-order valence-corrected chi connectivity index (χ1v) is 11.4. The number of aryl methyl sites for hydroxylation is 3. The summed E-state index contributed by atoms with van der Waals surface area (Å²) in [6.45, 7) is 2.49. The van der Waals surface area contributed by atoms with Gasteiger partial charge in [-0.1, -0.05) is 29.8 Å². The van der Waals surface area contributed by atoms with Gasteiger partial charge in [-0.3, -0.25) is 9.59 Å². The highest BCUT2D eigenvalue weighted by atomic mass is 19.4. The van der Waals surface area contributed by atoms with Crippen LogP contribution < -0.4 is 16.4 Å². The number of halogens is 4. The van der Waals surface area contributed by atoms with E-state index < -0.39 is 35.2 Å². The first-order chi connectivity index (χ1) is 18.0. The second-order valence-electron chi connectivity index (χ2n) is 8.75. The third-order valence-electron chi connectivity index (χ3n) is 6.15. The van der Waals surface area contributed by atoms with E-state index in [1.807, 2.05) is 19.1 Å². The van der Waals surface area contributed by atoms with Gasteiger partial charge in [-0.2, -0.15) is 18.3 Å². The maximum Gasteiger partial charge on any atom is 0.419 e. The zero-order chi connectivity index (χ0) is 27.2. The molecule has 4 aromatic rings. The summed E-state index contributed by atoms with van der Waals surface area (Å²) in [7, 11) is 0. The average Bonchev–Trinajstić information content (AvgIpc) is 3.13. The number of nitrogens with zero attached hydrogens (tertiary/aromatic N) is 3. The summed E-state index contributed by atoms with van der Waals surface area (Å²) in [4.78, 5) is 28.5. The van der Waals surface area contributed by atoms with Gasteiger partial charge >= 0.3 is 6.18 Å². The van der Waals surface area contributed by atoms with Crippen LogP contribution in [0, 0.1) is 12.7 Å². The van der Waals surface area contributed by atoms with Crippen molar-refractivity contribution in [1.29, 1.82) is 0 Å². The molecule has 0 spiro atoms. The Kier molecular flexibility index (Phi) is 6.09. The molecule has 0 aliphatic carbocycles. The van der Waals surface area contributed by atoms with Gasteiger partial charge in [0.2, 0.25) is 0 Å². The number of pyridine rings is 1. The summed E-state index contributed by atoms with van der Waals surface area (Å²) in [5.74, 6) is -3.64. The van der Waals surface area contributed by atoms with Gasteiger partial charge in [-0.05, 0) is 43.2 Å². The second-order valence-corrected chi connectivity index (χ2v) is 8.75. The number of alkyl halides is 3. The maximum absolute atomic E-state index is 14.2. The van der Waals surface area contributed by atoms with Crippen LogP contribution in [0.4, 0.5) is 34.9 Å². The summed E-state index contributed by atoms with van der Waals surface area (Å²) >= 11 is 0. The Bertz CT molecular complexity index is 1580. The van der Waals surface area contributed by atoms with E-state index in [4.69, 9.17) is 5.73 Å². The van der Waals surface area contributed by atoms with Crippen molar-refractivity contribution in [3.8, 4) is 11.3 Å². The van der Waals surface area contributed by atoms with E-state index in [-0.39, 0.29) is 11.1 Å². The van der Waals surface area contributed by atoms with Gasteiger partial charge in [0.25, 0.3) is 11.8 Å². The highest BCUT2D eigenvalue weighted by Crippen LogP contribution is 2.35. The van der Waals surface area contributed by atoms with E-state index in [0.29, 0.717) is 36.1 Å². The number of carbonyl (C=O) groups is 2. The third kappa shape index (κ3) is 4.56. The molecular formula is C26H20F4N6O2. The molecule has 1 aliphatic heterocycles. The van der Waals surface area contributed by atoms with Crippen molar-refractivity contribution in [3.05, 3.63) is 88.4 Å². The Labute approximate surface area is 213 Å². The number of rotatable bonds is 4. The molecule has 12 heteroatoms. The SMILES string of the molecule is Cc1ccc2c(c1)CCn1nc(-c3ccc(C(=O)Nc4nccc(C(F)(F)F)c4F)cc3)c(C(N)=O)c1N2. The Morgan fingerprint density at radius 3 is 2.53 bits per heavy atom. The molecule has 4 N–H and O–H groups in total. The quantitative estimate of drug-likeness (QED) is 0.323. The van der Waals surface area contributed by atoms with E-state index in [1.165, 1.54) is 24.3 Å². The minimum absolute atomic E-state index is 0.0242. The van der Waals surface area contributed by atoms with E-state index in [0.717, 1.165) is 23.0 Å². The van der Waals surface area contributed by atoms with Gasteiger partial charge in [0.05, 0.1) is 5.56 Å². The fraction of sp³-hybridized carbons (Fsp3) is 0.154. The van der Waals surface area contributed by atoms with Crippen molar-refractivity contribution < 1.29 is 27.2 Å². The predicted octanol–water partition coefficient (Wildman–Crippen LogP) is 5.06. The second kappa shape index (κ2) is 9.29. The number of amides is 2. The van der Waals surface area contributed by atoms with Crippen LogP contribution in [0.15, 0.2) is 54.7 Å². The Morgan fingerprint density at radius 2 is 1.84 bits per heavy atom. The summed E-state index contributed by atoms with van der Waals surface area (Å²) in [5.41, 5.74) is 8.18. The number of primary amides is 1. The number of anilines is 3. The zero-order valence-corrected chi connectivity index (χ0v) is 19.9. The molecule has 0 fully saturated rings. The molecule has 194 valence electrons. The van der Waals surface area contributed by atoms with Gasteiger partial charge in [0.1, 0.15) is 17.1 Å². The van der Waals surface area contributed by atoms with Crippen LogP contribution in [0.2, 0.25) is 0 Å². The number of aromatic nitrogens is 3. The van der Waals surface area contributed by atoms with Gasteiger partial charge in [-0.15, -0.1) is 0 Å². The normalized spacial score (nSPS) is 12.7. The van der Waals surface area contributed by atoms with Crippen molar-refractivity contribution in [2.24, 2.45) is 5.73 Å². The Hall–Kier alpha value is -4.74. The van der Waals surface area contributed by atoms with Gasteiger partial charge in [0, 0.05) is 29.6 Å². The first kappa shape index (κ1) is 24.9. The fourth-order valence-electron chi connectivity index (χ4n) is 4.30. The molecule has 2 aromatic carbocycles. The van der Waals surface area contributed by atoms with Crippen molar-refractivity contribution in [2.75, 3.05) is 10.6 Å². The Balaban J connectivity index is 1.43. The molecule has 0 bridgehead atoms. The summed E-state index contributed by atoms with van der Waals surface area (Å²) < 4.78 is 54.8. The van der Waals surface area contributed by atoms with Crippen molar-refractivity contribution in [2.45, 2.75) is 26.1 Å². The lowest BCUT2D eigenvalue weighted by molar-refractivity contribution is -0.140. The van der Waals surface area contributed by atoms with Crippen molar-refractivity contribution in [1.82, 2.24) is 14.8 Å². The number of carbonyl (C=O) groups excluding carboxylic acids is 2.